The molecule has 0 aliphatic rings. The smallest absolute Gasteiger partial charge is 0.232 e. The second kappa shape index (κ2) is 5.96. The van der Waals surface area contributed by atoms with Crippen LogP contribution < -0.4 is 0 Å². The summed E-state index contributed by atoms with van der Waals surface area (Å²) in [5.74, 6) is -1.73. The molecule has 0 atom stereocenters. The highest BCUT2D eigenvalue weighted by Gasteiger charge is 2.22. The Morgan fingerprint density at radius 2 is 1.96 bits per heavy atom. The first-order valence-electron chi connectivity index (χ1n) is 7.43. The van der Waals surface area contributed by atoms with Crippen molar-refractivity contribution in [3.63, 3.8) is 0 Å². The predicted octanol–water partition coefficient (Wildman–Crippen LogP) is 2.38. The Morgan fingerprint density at radius 3 is 2.62 bits per heavy atom. The van der Waals surface area contributed by atoms with E-state index in [1.165, 1.54) is 23.0 Å². The average Bonchev–Trinajstić information content (AvgIpc) is 3.22. The Kier molecular flexibility index (Phi) is 3.62. The topological polar surface area (TPSA) is 106 Å². The highest BCUT2D eigenvalue weighted by molar-refractivity contribution is 5.81. The normalized spacial score (nSPS) is 11.0. The van der Waals surface area contributed by atoms with Crippen molar-refractivity contribution in [2.45, 2.75) is 13.5 Å². The third-order valence-corrected chi connectivity index (χ3v) is 3.81. The number of fused-ring (bicyclic) bond motifs is 1. The van der Waals surface area contributed by atoms with Crippen LogP contribution in [0.5, 0.6) is 0 Å². The van der Waals surface area contributed by atoms with E-state index in [9.17, 15) is 8.78 Å². The summed E-state index contributed by atoms with van der Waals surface area (Å²) in [7, 11) is 0. The van der Waals surface area contributed by atoms with Crippen molar-refractivity contribution in [2.24, 2.45) is 0 Å². The van der Waals surface area contributed by atoms with Gasteiger partial charge in [-0.25, -0.2) is 28.4 Å². The molecule has 0 bridgehead atoms. The van der Waals surface area contributed by atoms with Crippen molar-refractivity contribution in [1.29, 1.82) is 5.26 Å². The summed E-state index contributed by atoms with van der Waals surface area (Å²) >= 11 is 0. The van der Waals surface area contributed by atoms with Crippen molar-refractivity contribution >= 4 is 11.0 Å². The lowest BCUT2D eigenvalue weighted by atomic mass is 10.2. The van der Waals surface area contributed by atoms with E-state index in [0.29, 0.717) is 17.0 Å². The third kappa shape index (κ3) is 2.46. The lowest BCUT2D eigenvalue weighted by Crippen LogP contribution is -2.06. The molecule has 0 amide bonds. The van der Waals surface area contributed by atoms with E-state index < -0.39 is 11.6 Å². The van der Waals surface area contributed by atoms with Crippen LogP contribution in [0.2, 0.25) is 0 Å². The summed E-state index contributed by atoms with van der Waals surface area (Å²) in [6.45, 7) is 1.75. The molecule has 3 aromatic heterocycles. The monoisotopic (exact) mass is 353 g/mol. The summed E-state index contributed by atoms with van der Waals surface area (Å²) in [5, 5.41) is 16.3. The highest BCUT2D eigenvalue weighted by atomic mass is 19.2. The van der Waals surface area contributed by atoms with Gasteiger partial charge in [-0.3, -0.25) is 0 Å². The summed E-state index contributed by atoms with van der Waals surface area (Å²) in [6.07, 6.45) is 2.87. The lowest BCUT2D eigenvalue weighted by molar-refractivity contribution is 0.305. The zero-order valence-electron chi connectivity index (χ0n) is 13.3. The van der Waals surface area contributed by atoms with Gasteiger partial charge in [0.15, 0.2) is 23.2 Å². The first-order chi connectivity index (χ1) is 12.6. The van der Waals surface area contributed by atoms with E-state index in [4.69, 9.17) is 9.89 Å². The van der Waals surface area contributed by atoms with E-state index >= 15 is 0 Å². The molecule has 0 radical (unpaired) electrons. The van der Waals surface area contributed by atoms with Gasteiger partial charge in [0.25, 0.3) is 0 Å². The fourth-order valence-electron chi connectivity index (χ4n) is 2.60. The number of imidazole rings is 1. The molecule has 26 heavy (non-hydrogen) atoms. The maximum Gasteiger partial charge on any atom is 0.232 e. The minimum atomic E-state index is -1.02. The van der Waals surface area contributed by atoms with Crippen LogP contribution in [0, 0.1) is 29.9 Å². The van der Waals surface area contributed by atoms with Crippen LogP contribution in [0.15, 0.2) is 29.2 Å². The summed E-state index contributed by atoms with van der Waals surface area (Å²) < 4.78 is 34.4. The van der Waals surface area contributed by atoms with E-state index in [0.717, 1.165) is 6.07 Å². The predicted molar refractivity (Wildman–Crippen MR) is 83.5 cm³/mol. The molecule has 0 unspecified atom stereocenters. The van der Waals surface area contributed by atoms with E-state index in [-0.39, 0.29) is 29.2 Å². The van der Waals surface area contributed by atoms with E-state index in [1.807, 2.05) is 6.07 Å². The van der Waals surface area contributed by atoms with Gasteiger partial charge < -0.3 is 4.57 Å². The molecular weight excluding hydrogens is 344 g/mol. The molecule has 0 saturated carbocycles. The minimum Gasteiger partial charge on any atom is -0.315 e. The SMILES string of the molecule is Cc1nonc1-c1nc2ccc(F)c(F)c2n1Cc1cnc(C#N)nc1. The van der Waals surface area contributed by atoms with Crippen molar-refractivity contribution in [1.82, 2.24) is 29.8 Å². The molecule has 0 N–H and O–H groups in total. The number of hydrogen-bond donors (Lipinski definition) is 0. The zero-order chi connectivity index (χ0) is 18.3. The first-order valence-corrected chi connectivity index (χ1v) is 7.43. The Hall–Kier alpha value is -3.74. The second-order valence-electron chi connectivity index (χ2n) is 5.48. The Morgan fingerprint density at radius 1 is 1.19 bits per heavy atom. The van der Waals surface area contributed by atoms with Crippen LogP contribution in [0.1, 0.15) is 17.1 Å². The molecule has 0 spiro atoms. The average molecular weight is 353 g/mol. The lowest BCUT2D eigenvalue weighted by Gasteiger charge is -2.08. The molecule has 0 aliphatic carbocycles. The molecular formula is C16H9F2N7O. The number of rotatable bonds is 3. The number of hydrogen-bond acceptors (Lipinski definition) is 7. The largest absolute Gasteiger partial charge is 0.315 e. The van der Waals surface area contributed by atoms with Crippen LogP contribution >= 0.6 is 0 Å². The number of nitriles is 1. The molecule has 128 valence electrons. The van der Waals surface area contributed by atoms with Crippen molar-refractivity contribution in [3.8, 4) is 17.6 Å². The van der Waals surface area contributed by atoms with Crippen LogP contribution in [-0.4, -0.2) is 29.8 Å². The quantitative estimate of drug-likeness (QED) is 0.556. The van der Waals surface area contributed by atoms with Gasteiger partial charge in [0, 0.05) is 18.0 Å². The second-order valence-corrected chi connectivity index (χ2v) is 5.48. The number of aromatic nitrogens is 6. The van der Waals surface area contributed by atoms with Gasteiger partial charge in [-0.05, 0) is 24.2 Å². The molecule has 10 heteroatoms. The maximum absolute atomic E-state index is 14.5. The molecule has 4 aromatic rings. The van der Waals surface area contributed by atoms with Crippen molar-refractivity contribution in [2.75, 3.05) is 0 Å². The Balaban J connectivity index is 1.93. The van der Waals surface area contributed by atoms with E-state index in [1.54, 1.807) is 6.92 Å². The fourth-order valence-corrected chi connectivity index (χ4v) is 2.60. The number of nitrogens with zero attached hydrogens (tertiary/aromatic N) is 7. The van der Waals surface area contributed by atoms with Crippen LogP contribution in [-0.2, 0) is 6.54 Å². The minimum absolute atomic E-state index is 0.0123. The zero-order valence-corrected chi connectivity index (χ0v) is 13.3. The number of benzene rings is 1. The van der Waals surface area contributed by atoms with Gasteiger partial charge in [-0.1, -0.05) is 5.16 Å². The fraction of sp³-hybridized carbons (Fsp3) is 0.125. The summed E-state index contributed by atoms with van der Waals surface area (Å²) in [5.41, 5.74) is 1.58. The number of halogens is 2. The molecule has 0 saturated heterocycles. The number of aryl methyl sites for hydroxylation is 1. The first kappa shape index (κ1) is 15.8. The molecule has 4 rings (SSSR count). The highest BCUT2D eigenvalue weighted by Crippen LogP contribution is 2.28. The van der Waals surface area contributed by atoms with Crippen molar-refractivity contribution in [3.05, 3.63) is 53.2 Å². The van der Waals surface area contributed by atoms with Gasteiger partial charge in [0.2, 0.25) is 5.82 Å². The van der Waals surface area contributed by atoms with Crippen LogP contribution in [0.25, 0.3) is 22.6 Å². The van der Waals surface area contributed by atoms with Crippen LogP contribution in [0.4, 0.5) is 8.78 Å². The molecule has 8 nitrogen and oxygen atoms in total. The summed E-state index contributed by atoms with van der Waals surface area (Å²) in [6, 6.07) is 4.21. The molecule has 3 heterocycles. The Bertz CT molecular complexity index is 1160. The standard InChI is InChI=1S/C16H9F2N7O/c1-8-14(24-26-23-8)16-22-11-3-2-10(17)13(18)15(11)25(16)7-9-5-20-12(4-19)21-6-9/h2-3,5-6H,7H2,1H3. The third-order valence-electron chi connectivity index (χ3n) is 3.81. The maximum atomic E-state index is 14.5. The van der Waals surface area contributed by atoms with Crippen LogP contribution in [0.3, 0.4) is 0 Å². The van der Waals surface area contributed by atoms with Gasteiger partial charge >= 0.3 is 0 Å². The van der Waals surface area contributed by atoms with E-state index in [2.05, 4.69) is 25.3 Å². The summed E-state index contributed by atoms with van der Waals surface area (Å²) in [4.78, 5) is 12.1. The van der Waals surface area contributed by atoms with Crippen molar-refractivity contribution < 1.29 is 13.4 Å². The molecule has 0 fully saturated rings. The van der Waals surface area contributed by atoms with Gasteiger partial charge in [-0.2, -0.15) is 5.26 Å². The molecule has 0 aliphatic heterocycles. The molecule has 1 aromatic carbocycles. The van der Waals surface area contributed by atoms with Gasteiger partial charge in [0.05, 0.1) is 12.1 Å². The Labute approximate surface area is 144 Å². The van der Waals surface area contributed by atoms with Gasteiger partial charge in [0.1, 0.15) is 17.3 Å². The van der Waals surface area contributed by atoms with Gasteiger partial charge in [-0.15, -0.1) is 0 Å².